The Balaban J connectivity index is 1.26. The fraction of sp³-hybridized carbons (Fsp3) is 0.385. The zero-order valence-electron chi connectivity index (χ0n) is 19.2. The van der Waals surface area contributed by atoms with Crippen LogP contribution in [0.4, 0.5) is 11.8 Å². The Morgan fingerprint density at radius 1 is 0.969 bits per heavy atom. The number of nitrogens with one attached hydrogen (secondary N) is 2. The summed E-state index contributed by atoms with van der Waals surface area (Å²) in [6, 6.07) is 17.3. The molecule has 4 rings (SSSR count). The van der Waals surface area contributed by atoms with E-state index in [-0.39, 0.29) is 0 Å². The van der Waals surface area contributed by atoms with Crippen LogP contribution in [0.5, 0.6) is 5.75 Å². The van der Waals surface area contributed by atoms with Gasteiger partial charge in [-0.15, -0.1) is 0 Å². The fourth-order valence-electron chi connectivity index (χ4n) is 4.23. The second-order valence-electron chi connectivity index (χ2n) is 8.56. The molecular formula is C26H33N5O. The number of methoxy groups -OCH3 is 1. The number of hydrogen-bond acceptors (Lipinski definition) is 6. The predicted molar refractivity (Wildman–Crippen MR) is 134 cm³/mol. The molecule has 0 radical (unpaired) electrons. The van der Waals surface area contributed by atoms with E-state index in [1.807, 2.05) is 38.4 Å². The molecule has 3 aromatic rings. The average molecular weight is 432 g/mol. The monoisotopic (exact) mass is 431 g/mol. The first kappa shape index (κ1) is 22.1. The maximum atomic E-state index is 5.20. The van der Waals surface area contributed by atoms with Gasteiger partial charge in [0.2, 0.25) is 5.95 Å². The molecular weight excluding hydrogens is 398 g/mol. The van der Waals surface area contributed by atoms with Crippen LogP contribution in [0.1, 0.15) is 31.2 Å². The van der Waals surface area contributed by atoms with Gasteiger partial charge in [0.05, 0.1) is 12.6 Å². The molecule has 32 heavy (non-hydrogen) atoms. The summed E-state index contributed by atoms with van der Waals surface area (Å²) in [7, 11) is 5.74. The van der Waals surface area contributed by atoms with Crippen LogP contribution in [0.25, 0.3) is 17.0 Å². The van der Waals surface area contributed by atoms with Crippen LogP contribution in [0.2, 0.25) is 0 Å². The lowest BCUT2D eigenvalue weighted by atomic mass is 9.91. The molecule has 0 saturated heterocycles. The Morgan fingerprint density at radius 2 is 1.69 bits per heavy atom. The fourth-order valence-corrected chi connectivity index (χ4v) is 4.23. The molecule has 6 nitrogen and oxygen atoms in total. The number of aromatic nitrogens is 2. The molecule has 0 unspecified atom stereocenters. The highest BCUT2D eigenvalue weighted by Gasteiger charge is 2.21. The van der Waals surface area contributed by atoms with Gasteiger partial charge in [-0.05, 0) is 55.5 Å². The molecule has 0 spiro atoms. The molecule has 2 aromatic carbocycles. The van der Waals surface area contributed by atoms with E-state index in [0.717, 1.165) is 60.6 Å². The third-order valence-electron chi connectivity index (χ3n) is 6.02. The number of rotatable bonds is 8. The maximum absolute atomic E-state index is 5.20. The van der Waals surface area contributed by atoms with Crippen molar-refractivity contribution in [2.75, 3.05) is 38.0 Å². The molecule has 1 saturated carbocycles. The van der Waals surface area contributed by atoms with Gasteiger partial charge >= 0.3 is 0 Å². The van der Waals surface area contributed by atoms with Crippen molar-refractivity contribution in [3.05, 3.63) is 60.2 Å². The number of hydrogen-bond donors (Lipinski definition) is 2. The Bertz CT molecular complexity index is 1040. The number of fused-ring (bicyclic) bond motifs is 1. The average Bonchev–Trinajstić information content (AvgIpc) is 2.82. The second-order valence-corrected chi connectivity index (χ2v) is 8.56. The number of nitrogens with zero attached hydrogens (tertiary/aromatic N) is 3. The zero-order valence-corrected chi connectivity index (χ0v) is 19.2. The summed E-state index contributed by atoms with van der Waals surface area (Å²) in [6.07, 6.45) is 8.89. The van der Waals surface area contributed by atoms with Gasteiger partial charge < -0.3 is 20.3 Å². The van der Waals surface area contributed by atoms with Crippen LogP contribution in [0, 0.1) is 0 Å². The summed E-state index contributed by atoms with van der Waals surface area (Å²) in [5.41, 5.74) is 2.17. The van der Waals surface area contributed by atoms with Crippen molar-refractivity contribution < 1.29 is 4.74 Å². The largest absolute Gasteiger partial charge is 0.497 e. The number of benzene rings is 2. The molecule has 2 N–H and O–H groups in total. The first-order valence-corrected chi connectivity index (χ1v) is 11.4. The van der Waals surface area contributed by atoms with E-state index in [4.69, 9.17) is 14.7 Å². The van der Waals surface area contributed by atoms with Crippen molar-refractivity contribution in [2.45, 2.75) is 37.8 Å². The van der Waals surface area contributed by atoms with E-state index in [0.29, 0.717) is 12.1 Å². The van der Waals surface area contributed by atoms with E-state index in [1.165, 1.54) is 5.56 Å². The van der Waals surface area contributed by atoms with E-state index in [9.17, 15) is 0 Å². The summed E-state index contributed by atoms with van der Waals surface area (Å²) in [5.74, 6) is 2.57. The summed E-state index contributed by atoms with van der Waals surface area (Å²) in [6.45, 7) is 0.884. The minimum atomic E-state index is 0.416. The van der Waals surface area contributed by atoms with Gasteiger partial charge in [-0.2, -0.15) is 4.98 Å². The summed E-state index contributed by atoms with van der Waals surface area (Å²) >= 11 is 0. The molecule has 0 atom stereocenters. The molecule has 0 amide bonds. The van der Waals surface area contributed by atoms with Crippen LogP contribution in [-0.2, 0) is 0 Å². The molecule has 168 valence electrons. The molecule has 1 aliphatic rings. The highest BCUT2D eigenvalue weighted by atomic mass is 16.5. The predicted octanol–water partition coefficient (Wildman–Crippen LogP) is 4.73. The summed E-state index contributed by atoms with van der Waals surface area (Å²) < 4.78 is 5.20. The molecule has 0 bridgehead atoms. The summed E-state index contributed by atoms with van der Waals surface area (Å²) in [5, 5.41) is 8.34. The number of ether oxygens (including phenoxy) is 1. The van der Waals surface area contributed by atoms with E-state index < -0.39 is 0 Å². The summed E-state index contributed by atoms with van der Waals surface area (Å²) in [4.78, 5) is 11.6. The third kappa shape index (κ3) is 5.56. The highest BCUT2D eigenvalue weighted by molar-refractivity contribution is 5.90. The Hall–Kier alpha value is -3.12. The van der Waals surface area contributed by atoms with Gasteiger partial charge in [0.15, 0.2) is 0 Å². The lowest BCUT2D eigenvalue weighted by molar-refractivity contribution is 0.363. The minimum Gasteiger partial charge on any atom is -0.497 e. The highest BCUT2D eigenvalue weighted by Crippen LogP contribution is 2.26. The molecule has 1 fully saturated rings. The Labute approximate surface area is 190 Å². The van der Waals surface area contributed by atoms with Crippen molar-refractivity contribution in [3.8, 4) is 5.75 Å². The second kappa shape index (κ2) is 10.5. The van der Waals surface area contributed by atoms with Gasteiger partial charge in [-0.3, -0.25) is 0 Å². The van der Waals surface area contributed by atoms with E-state index >= 15 is 0 Å². The van der Waals surface area contributed by atoms with Crippen molar-refractivity contribution in [3.63, 3.8) is 0 Å². The van der Waals surface area contributed by atoms with Gasteiger partial charge in [0.1, 0.15) is 11.6 Å². The minimum absolute atomic E-state index is 0.416. The normalized spacial score (nSPS) is 18.7. The quantitative estimate of drug-likeness (QED) is 0.538. The zero-order chi connectivity index (χ0) is 22.3. The Morgan fingerprint density at radius 3 is 2.41 bits per heavy atom. The van der Waals surface area contributed by atoms with Crippen molar-refractivity contribution in [1.29, 1.82) is 0 Å². The van der Waals surface area contributed by atoms with Crippen LogP contribution in [0.3, 0.4) is 0 Å². The van der Waals surface area contributed by atoms with E-state index in [2.05, 4.69) is 52.0 Å². The SMILES string of the molecule is COc1ccc(/C=C/CN[C@H]2CC[C@@H](Nc3nc(N(C)C)c4ccccc4n3)CC2)cc1. The smallest absolute Gasteiger partial charge is 0.225 e. The Kier molecular flexibility index (Phi) is 7.22. The van der Waals surface area contributed by atoms with Gasteiger partial charge in [0.25, 0.3) is 0 Å². The maximum Gasteiger partial charge on any atom is 0.225 e. The van der Waals surface area contributed by atoms with Gasteiger partial charge in [-0.25, -0.2) is 4.98 Å². The standard InChI is InChI=1S/C26H33N5O/c1-31(2)25-23-8-4-5-9-24(23)29-26(30-25)28-21-14-12-20(13-15-21)27-18-6-7-19-10-16-22(32-3)17-11-19/h4-11,16-17,20-21,27H,12-15,18H2,1-3H3,(H,28,29,30)/b7-6+/t20-,21+. The topological polar surface area (TPSA) is 62.3 Å². The van der Waals surface area contributed by atoms with Crippen molar-refractivity contribution in [1.82, 2.24) is 15.3 Å². The molecule has 0 aliphatic heterocycles. The lowest BCUT2D eigenvalue weighted by Crippen LogP contribution is -2.37. The van der Waals surface area contributed by atoms with Crippen molar-refractivity contribution in [2.24, 2.45) is 0 Å². The van der Waals surface area contributed by atoms with Crippen molar-refractivity contribution >= 4 is 28.7 Å². The van der Waals surface area contributed by atoms with Crippen LogP contribution in [-0.4, -0.2) is 49.8 Å². The lowest BCUT2D eigenvalue weighted by Gasteiger charge is -2.29. The van der Waals surface area contributed by atoms with Gasteiger partial charge in [0, 0.05) is 38.1 Å². The molecule has 1 aromatic heterocycles. The van der Waals surface area contributed by atoms with Gasteiger partial charge in [-0.1, -0.05) is 36.4 Å². The van der Waals surface area contributed by atoms with Crippen LogP contribution >= 0.6 is 0 Å². The molecule has 1 aliphatic carbocycles. The van der Waals surface area contributed by atoms with Crippen LogP contribution < -0.4 is 20.3 Å². The first-order valence-electron chi connectivity index (χ1n) is 11.4. The first-order chi connectivity index (χ1) is 15.6. The van der Waals surface area contributed by atoms with Crippen LogP contribution in [0.15, 0.2) is 54.6 Å². The molecule has 1 heterocycles. The number of para-hydroxylation sites is 1. The van der Waals surface area contributed by atoms with E-state index in [1.54, 1.807) is 7.11 Å². The molecule has 6 heteroatoms. The number of anilines is 2. The third-order valence-corrected chi connectivity index (χ3v) is 6.02.